The fourth-order valence-corrected chi connectivity index (χ4v) is 2.71. The average Bonchev–Trinajstić information content (AvgIpc) is 2.61. The lowest BCUT2D eigenvalue weighted by Crippen LogP contribution is -2.36. The van der Waals surface area contributed by atoms with Gasteiger partial charge in [0, 0.05) is 31.1 Å². The minimum atomic E-state index is 0.0344. The van der Waals surface area contributed by atoms with E-state index in [2.05, 4.69) is 4.98 Å². The molecule has 1 aromatic carbocycles. The molecule has 2 aromatic rings. The molecule has 0 atom stereocenters. The van der Waals surface area contributed by atoms with Crippen molar-refractivity contribution < 1.29 is 14.3 Å². The van der Waals surface area contributed by atoms with E-state index in [1.54, 1.807) is 31.4 Å². The van der Waals surface area contributed by atoms with Crippen molar-refractivity contribution in [3.8, 4) is 11.6 Å². The number of pyridine rings is 1. The van der Waals surface area contributed by atoms with E-state index < -0.39 is 0 Å². The lowest BCUT2D eigenvalue weighted by atomic mass is 10.0. The summed E-state index contributed by atoms with van der Waals surface area (Å²) >= 11 is 0. The number of methoxy groups -OCH3 is 1. The second-order valence-corrected chi connectivity index (χ2v) is 5.39. The molecule has 2 heterocycles. The number of rotatable bonds is 4. The molecule has 23 heavy (non-hydrogen) atoms. The summed E-state index contributed by atoms with van der Waals surface area (Å²) < 4.78 is 10.6. The molecule has 0 unspecified atom stereocenters. The summed E-state index contributed by atoms with van der Waals surface area (Å²) in [5, 5.41) is 0. The van der Waals surface area contributed by atoms with Gasteiger partial charge in [0.2, 0.25) is 5.88 Å². The van der Waals surface area contributed by atoms with Crippen molar-refractivity contribution in [1.82, 2.24) is 9.88 Å². The van der Waals surface area contributed by atoms with Crippen LogP contribution >= 0.6 is 0 Å². The average molecular weight is 312 g/mol. The SMILES string of the molecule is CCOc1ccc2c(n1)CCN(C(=O)c1ccc(OC)cc1)C2. The van der Waals surface area contributed by atoms with Crippen LogP contribution < -0.4 is 9.47 Å². The maximum absolute atomic E-state index is 12.6. The number of hydrogen-bond acceptors (Lipinski definition) is 4. The zero-order chi connectivity index (χ0) is 16.2. The molecule has 0 N–H and O–H groups in total. The first-order chi connectivity index (χ1) is 11.2. The molecule has 5 heteroatoms. The number of carbonyl (C=O) groups is 1. The largest absolute Gasteiger partial charge is 0.497 e. The van der Waals surface area contributed by atoms with Crippen LogP contribution in [0.25, 0.3) is 0 Å². The molecule has 0 saturated carbocycles. The molecular formula is C18H20N2O3. The number of hydrogen-bond donors (Lipinski definition) is 0. The van der Waals surface area contributed by atoms with E-state index in [4.69, 9.17) is 9.47 Å². The smallest absolute Gasteiger partial charge is 0.254 e. The Kier molecular flexibility index (Phi) is 4.46. The predicted octanol–water partition coefficient (Wildman–Crippen LogP) is 2.69. The van der Waals surface area contributed by atoms with Crippen molar-refractivity contribution in [2.75, 3.05) is 20.3 Å². The highest BCUT2D eigenvalue weighted by Crippen LogP contribution is 2.22. The maximum atomic E-state index is 12.6. The summed E-state index contributed by atoms with van der Waals surface area (Å²) in [6.07, 6.45) is 0.748. The molecule has 1 amide bonds. The molecule has 1 aliphatic rings. The lowest BCUT2D eigenvalue weighted by molar-refractivity contribution is 0.0733. The number of carbonyl (C=O) groups excluding carboxylic acids is 1. The third-order valence-corrected chi connectivity index (χ3v) is 3.94. The van der Waals surface area contributed by atoms with Gasteiger partial charge in [-0.3, -0.25) is 4.79 Å². The Balaban J connectivity index is 1.74. The van der Waals surface area contributed by atoms with Crippen molar-refractivity contribution in [1.29, 1.82) is 0 Å². The summed E-state index contributed by atoms with van der Waals surface area (Å²) in [5.74, 6) is 1.44. The fourth-order valence-electron chi connectivity index (χ4n) is 2.71. The molecule has 1 aliphatic heterocycles. The van der Waals surface area contributed by atoms with Crippen LogP contribution in [-0.2, 0) is 13.0 Å². The van der Waals surface area contributed by atoms with Crippen LogP contribution in [0, 0.1) is 0 Å². The number of ether oxygens (including phenoxy) is 2. The predicted molar refractivity (Wildman–Crippen MR) is 86.8 cm³/mol. The maximum Gasteiger partial charge on any atom is 0.254 e. The normalized spacial score (nSPS) is 13.4. The topological polar surface area (TPSA) is 51.7 Å². The van der Waals surface area contributed by atoms with E-state index in [9.17, 15) is 4.79 Å². The third kappa shape index (κ3) is 3.28. The number of benzene rings is 1. The van der Waals surface area contributed by atoms with Gasteiger partial charge in [-0.15, -0.1) is 0 Å². The Hall–Kier alpha value is -2.56. The molecule has 0 aliphatic carbocycles. The Bertz CT molecular complexity index is 698. The standard InChI is InChI=1S/C18H20N2O3/c1-3-23-17-9-6-14-12-20(11-10-16(14)19-17)18(21)13-4-7-15(22-2)8-5-13/h4-9H,3,10-12H2,1-2H3. The highest BCUT2D eigenvalue weighted by Gasteiger charge is 2.23. The van der Waals surface area contributed by atoms with Gasteiger partial charge in [-0.25, -0.2) is 4.98 Å². The first-order valence-corrected chi connectivity index (χ1v) is 7.76. The summed E-state index contributed by atoms with van der Waals surface area (Å²) in [4.78, 5) is 19.0. The van der Waals surface area contributed by atoms with Gasteiger partial charge in [-0.1, -0.05) is 6.07 Å². The Morgan fingerprint density at radius 1 is 1.22 bits per heavy atom. The van der Waals surface area contributed by atoms with Gasteiger partial charge in [-0.05, 0) is 36.8 Å². The van der Waals surface area contributed by atoms with Gasteiger partial charge in [0.1, 0.15) is 5.75 Å². The van der Waals surface area contributed by atoms with Crippen LogP contribution in [0.5, 0.6) is 11.6 Å². The van der Waals surface area contributed by atoms with Gasteiger partial charge in [0.25, 0.3) is 5.91 Å². The number of fused-ring (bicyclic) bond motifs is 1. The van der Waals surface area contributed by atoms with Crippen molar-refractivity contribution in [2.45, 2.75) is 19.9 Å². The highest BCUT2D eigenvalue weighted by atomic mass is 16.5. The van der Waals surface area contributed by atoms with E-state index in [0.29, 0.717) is 31.1 Å². The molecule has 5 nitrogen and oxygen atoms in total. The van der Waals surface area contributed by atoms with Gasteiger partial charge in [0.15, 0.2) is 0 Å². The van der Waals surface area contributed by atoms with E-state index in [1.165, 1.54) is 0 Å². The molecule has 3 rings (SSSR count). The number of nitrogens with zero attached hydrogens (tertiary/aromatic N) is 2. The van der Waals surface area contributed by atoms with E-state index in [-0.39, 0.29) is 5.91 Å². The molecule has 0 saturated heterocycles. The lowest BCUT2D eigenvalue weighted by Gasteiger charge is -2.28. The van der Waals surface area contributed by atoms with Crippen LogP contribution in [-0.4, -0.2) is 36.1 Å². The fraction of sp³-hybridized carbons (Fsp3) is 0.333. The van der Waals surface area contributed by atoms with Crippen LogP contribution in [0.15, 0.2) is 36.4 Å². The van der Waals surface area contributed by atoms with E-state index in [1.807, 2.05) is 24.0 Å². The summed E-state index contributed by atoms with van der Waals surface area (Å²) in [7, 11) is 1.61. The van der Waals surface area contributed by atoms with Gasteiger partial charge >= 0.3 is 0 Å². The van der Waals surface area contributed by atoms with Crippen molar-refractivity contribution >= 4 is 5.91 Å². The molecular weight excluding hydrogens is 292 g/mol. The molecule has 0 radical (unpaired) electrons. The van der Waals surface area contributed by atoms with Gasteiger partial charge < -0.3 is 14.4 Å². The summed E-state index contributed by atoms with van der Waals surface area (Å²) in [5.41, 5.74) is 2.78. The van der Waals surface area contributed by atoms with Crippen molar-refractivity contribution in [3.63, 3.8) is 0 Å². The monoisotopic (exact) mass is 312 g/mol. The minimum Gasteiger partial charge on any atom is -0.497 e. The Morgan fingerprint density at radius 2 is 2.00 bits per heavy atom. The quantitative estimate of drug-likeness (QED) is 0.871. The summed E-state index contributed by atoms with van der Waals surface area (Å²) in [6.45, 7) is 3.80. The van der Waals surface area contributed by atoms with Crippen LogP contribution in [0.1, 0.15) is 28.5 Å². The van der Waals surface area contributed by atoms with E-state index >= 15 is 0 Å². The molecule has 0 fully saturated rings. The van der Waals surface area contributed by atoms with Crippen LogP contribution in [0.2, 0.25) is 0 Å². The van der Waals surface area contributed by atoms with E-state index in [0.717, 1.165) is 23.4 Å². The molecule has 0 bridgehead atoms. The zero-order valence-corrected chi connectivity index (χ0v) is 13.4. The molecule has 120 valence electrons. The Morgan fingerprint density at radius 3 is 2.70 bits per heavy atom. The second-order valence-electron chi connectivity index (χ2n) is 5.39. The van der Waals surface area contributed by atoms with Gasteiger partial charge in [0.05, 0.1) is 19.4 Å². The summed E-state index contributed by atoms with van der Waals surface area (Å²) in [6, 6.07) is 11.1. The highest BCUT2D eigenvalue weighted by molar-refractivity contribution is 5.94. The number of aromatic nitrogens is 1. The van der Waals surface area contributed by atoms with Crippen molar-refractivity contribution in [2.24, 2.45) is 0 Å². The Labute approximate surface area is 135 Å². The van der Waals surface area contributed by atoms with Crippen molar-refractivity contribution in [3.05, 3.63) is 53.2 Å². The second kappa shape index (κ2) is 6.69. The first-order valence-electron chi connectivity index (χ1n) is 7.76. The minimum absolute atomic E-state index is 0.0344. The molecule has 1 aromatic heterocycles. The third-order valence-electron chi connectivity index (χ3n) is 3.94. The zero-order valence-electron chi connectivity index (χ0n) is 13.4. The first kappa shape index (κ1) is 15.3. The number of amides is 1. The van der Waals surface area contributed by atoms with Gasteiger partial charge in [-0.2, -0.15) is 0 Å². The van der Waals surface area contributed by atoms with Crippen LogP contribution in [0.3, 0.4) is 0 Å². The van der Waals surface area contributed by atoms with Crippen LogP contribution in [0.4, 0.5) is 0 Å². The molecule has 0 spiro atoms.